The summed E-state index contributed by atoms with van der Waals surface area (Å²) in [6, 6.07) is 16.7. The van der Waals surface area contributed by atoms with Crippen LogP contribution in [-0.4, -0.2) is 17.5 Å². The number of carbonyl (C=O) groups excluding carboxylic acids is 2. The lowest BCUT2D eigenvalue weighted by Crippen LogP contribution is -2.28. The number of rotatable bonds is 8. The van der Waals surface area contributed by atoms with Gasteiger partial charge in [0.25, 0.3) is 0 Å². The van der Waals surface area contributed by atoms with Crippen LogP contribution in [0, 0.1) is 19.8 Å². The third-order valence-electron chi connectivity index (χ3n) is 5.81. The maximum absolute atomic E-state index is 12.5. The van der Waals surface area contributed by atoms with E-state index >= 15 is 0 Å². The average molecular weight is 460 g/mol. The van der Waals surface area contributed by atoms with Crippen molar-refractivity contribution in [1.29, 1.82) is 0 Å². The van der Waals surface area contributed by atoms with Crippen LogP contribution >= 0.6 is 0 Å². The molecule has 7 nitrogen and oxygen atoms in total. The molecule has 2 amide bonds. The Hall–Kier alpha value is -3.87. The topological polar surface area (TPSA) is 92.9 Å². The number of ether oxygens (including phenoxy) is 1. The van der Waals surface area contributed by atoms with Crippen LogP contribution in [0.5, 0.6) is 5.75 Å². The lowest BCUT2D eigenvalue weighted by atomic mass is 9.85. The minimum Gasteiger partial charge on any atom is -0.486 e. The number of carbonyl (C=O) groups is 2. The summed E-state index contributed by atoms with van der Waals surface area (Å²) in [6.07, 6.45) is 3.01. The van der Waals surface area contributed by atoms with Gasteiger partial charge in [-0.2, -0.15) is 5.10 Å². The van der Waals surface area contributed by atoms with Gasteiger partial charge in [0.1, 0.15) is 18.1 Å². The second-order valence-electron chi connectivity index (χ2n) is 8.71. The maximum atomic E-state index is 12.5. The zero-order valence-electron chi connectivity index (χ0n) is 19.7. The molecule has 34 heavy (non-hydrogen) atoms. The first-order valence-corrected chi connectivity index (χ1v) is 11.4. The summed E-state index contributed by atoms with van der Waals surface area (Å²) in [6.45, 7) is 6.04. The largest absolute Gasteiger partial charge is 0.486 e. The third-order valence-corrected chi connectivity index (χ3v) is 5.81. The minimum atomic E-state index is -0.452. The number of anilines is 1. The molecule has 0 atom stereocenters. The molecule has 0 radical (unpaired) electrons. The summed E-state index contributed by atoms with van der Waals surface area (Å²) in [5.74, 6) is 1.17. The first kappa shape index (κ1) is 23.3. The highest BCUT2D eigenvalue weighted by atomic mass is 16.5. The fraction of sp³-hybridized carbons (Fsp3) is 0.296. The quantitative estimate of drug-likeness (QED) is 0.350. The Kier molecular flexibility index (Phi) is 7.11. The molecule has 1 aliphatic carbocycles. The average Bonchev–Trinajstić information content (AvgIpc) is 3.23. The van der Waals surface area contributed by atoms with Gasteiger partial charge in [-0.1, -0.05) is 24.6 Å². The van der Waals surface area contributed by atoms with E-state index in [0.717, 1.165) is 47.4 Å². The van der Waals surface area contributed by atoms with Gasteiger partial charge in [0, 0.05) is 11.6 Å². The van der Waals surface area contributed by atoms with E-state index in [1.54, 1.807) is 19.1 Å². The first-order valence-electron chi connectivity index (χ1n) is 11.4. The van der Waals surface area contributed by atoms with Crippen LogP contribution < -0.4 is 15.5 Å². The Bertz CT molecular complexity index is 1200. The Morgan fingerprint density at radius 2 is 1.82 bits per heavy atom. The van der Waals surface area contributed by atoms with Gasteiger partial charge in [-0.15, -0.1) is 0 Å². The molecule has 0 aliphatic heterocycles. The van der Waals surface area contributed by atoms with Crippen molar-refractivity contribution in [2.45, 2.75) is 46.6 Å². The van der Waals surface area contributed by atoms with Crippen LogP contribution in [0.4, 0.5) is 5.69 Å². The molecular weight excluding hydrogens is 430 g/mol. The Morgan fingerprint density at radius 3 is 2.53 bits per heavy atom. The van der Waals surface area contributed by atoms with Crippen molar-refractivity contribution in [3.05, 3.63) is 82.8 Å². The number of hydrazone groups is 1. The third kappa shape index (κ3) is 5.92. The van der Waals surface area contributed by atoms with Gasteiger partial charge in [-0.05, 0) is 86.7 Å². The van der Waals surface area contributed by atoms with Crippen molar-refractivity contribution in [2.75, 3.05) is 5.32 Å². The van der Waals surface area contributed by atoms with E-state index < -0.39 is 5.91 Å². The molecule has 7 heteroatoms. The van der Waals surface area contributed by atoms with E-state index in [4.69, 9.17) is 9.15 Å². The molecule has 1 aliphatic rings. The molecule has 1 saturated carbocycles. The van der Waals surface area contributed by atoms with Gasteiger partial charge in [0.2, 0.25) is 5.91 Å². The standard InChI is InChI=1S/C27H29N3O4/c1-17-12-18(2)14-24(13-17)33-16-23-10-11-25(34-23)27(32)30-29-19(3)21-8-5-9-22(15-21)28-26(31)20-6-4-7-20/h5,8-15,20H,4,6-7,16H2,1-3H3,(H,28,31)(H,30,32)/b29-19-. The van der Waals surface area contributed by atoms with Crippen molar-refractivity contribution in [3.8, 4) is 5.75 Å². The summed E-state index contributed by atoms with van der Waals surface area (Å²) in [5.41, 5.74) is 6.89. The number of furan rings is 1. The van der Waals surface area contributed by atoms with Gasteiger partial charge >= 0.3 is 5.91 Å². The smallest absolute Gasteiger partial charge is 0.307 e. The van der Waals surface area contributed by atoms with Gasteiger partial charge in [0.05, 0.1) is 5.71 Å². The van der Waals surface area contributed by atoms with Crippen LogP contribution in [0.15, 0.2) is 64.1 Å². The predicted octanol–water partition coefficient (Wildman–Crippen LogP) is 5.37. The molecule has 0 bridgehead atoms. The second-order valence-corrected chi connectivity index (χ2v) is 8.71. The molecule has 0 unspecified atom stereocenters. The Labute approximate surface area is 199 Å². The van der Waals surface area contributed by atoms with Gasteiger partial charge < -0.3 is 14.5 Å². The van der Waals surface area contributed by atoms with Crippen LogP contribution in [0.3, 0.4) is 0 Å². The number of amides is 2. The summed E-state index contributed by atoms with van der Waals surface area (Å²) >= 11 is 0. The number of hydrogen-bond acceptors (Lipinski definition) is 5. The van der Waals surface area contributed by atoms with Crippen LogP contribution in [0.2, 0.25) is 0 Å². The second kappa shape index (κ2) is 10.4. The maximum Gasteiger partial charge on any atom is 0.307 e. The molecule has 1 fully saturated rings. The molecule has 0 spiro atoms. The SMILES string of the molecule is C/C(=N/NC(=O)c1ccc(COc2cc(C)cc(C)c2)o1)c1cccc(NC(=O)C2CCC2)c1. The molecule has 4 rings (SSSR count). The molecule has 1 aromatic heterocycles. The van der Waals surface area contributed by atoms with E-state index in [1.807, 2.05) is 50.2 Å². The molecule has 2 N–H and O–H groups in total. The van der Waals surface area contributed by atoms with Crippen LogP contribution in [0.25, 0.3) is 0 Å². The number of nitrogens with zero attached hydrogens (tertiary/aromatic N) is 1. The summed E-state index contributed by atoms with van der Waals surface area (Å²) in [5, 5.41) is 7.14. The lowest BCUT2D eigenvalue weighted by molar-refractivity contribution is -0.122. The van der Waals surface area contributed by atoms with Gasteiger partial charge in [0.15, 0.2) is 5.76 Å². The number of hydrogen-bond donors (Lipinski definition) is 2. The van der Waals surface area contributed by atoms with E-state index in [0.29, 0.717) is 11.5 Å². The zero-order valence-corrected chi connectivity index (χ0v) is 19.7. The summed E-state index contributed by atoms with van der Waals surface area (Å²) in [4.78, 5) is 24.7. The number of aryl methyl sites for hydroxylation is 2. The van der Waals surface area contributed by atoms with Crippen molar-refractivity contribution in [3.63, 3.8) is 0 Å². The van der Waals surface area contributed by atoms with Crippen LogP contribution in [-0.2, 0) is 11.4 Å². The van der Waals surface area contributed by atoms with Crippen molar-refractivity contribution < 1.29 is 18.7 Å². The lowest BCUT2D eigenvalue weighted by Gasteiger charge is -2.24. The van der Waals surface area contributed by atoms with Crippen LogP contribution in [0.1, 0.15) is 59.2 Å². The monoisotopic (exact) mass is 459 g/mol. The van der Waals surface area contributed by atoms with Gasteiger partial charge in [-0.25, -0.2) is 5.43 Å². The highest BCUT2D eigenvalue weighted by Gasteiger charge is 2.25. The molecular formula is C27H29N3O4. The fourth-order valence-corrected chi connectivity index (χ4v) is 3.74. The predicted molar refractivity (Wildman–Crippen MR) is 131 cm³/mol. The Balaban J connectivity index is 1.33. The Morgan fingerprint density at radius 1 is 1.06 bits per heavy atom. The van der Waals surface area contributed by atoms with Crippen molar-refractivity contribution >= 4 is 23.2 Å². The highest BCUT2D eigenvalue weighted by molar-refractivity contribution is 6.02. The summed E-state index contributed by atoms with van der Waals surface area (Å²) in [7, 11) is 0. The number of nitrogens with one attached hydrogen (secondary N) is 2. The number of benzene rings is 2. The van der Waals surface area contributed by atoms with E-state index in [-0.39, 0.29) is 24.2 Å². The van der Waals surface area contributed by atoms with Crippen molar-refractivity contribution in [2.24, 2.45) is 11.0 Å². The fourth-order valence-electron chi connectivity index (χ4n) is 3.74. The van der Waals surface area contributed by atoms with E-state index in [1.165, 1.54) is 0 Å². The molecule has 176 valence electrons. The minimum absolute atomic E-state index is 0.0569. The molecule has 3 aromatic rings. The summed E-state index contributed by atoms with van der Waals surface area (Å²) < 4.78 is 11.4. The van der Waals surface area contributed by atoms with Crippen molar-refractivity contribution in [1.82, 2.24) is 5.43 Å². The zero-order chi connectivity index (χ0) is 24.1. The highest BCUT2D eigenvalue weighted by Crippen LogP contribution is 2.27. The molecule has 1 heterocycles. The van der Waals surface area contributed by atoms with Gasteiger partial charge in [-0.3, -0.25) is 9.59 Å². The molecule has 0 saturated heterocycles. The first-order chi connectivity index (χ1) is 16.4. The molecule has 2 aromatic carbocycles. The normalized spacial score (nSPS) is 13.8. The van der Waals surface area contributed by atoms with E-state index in [2.05, 4.69) is 21.9 Å². The van der Waals surface area contributed by atoms with E-state index in [9.17, 15) is 9.59 Å².